The predicted octanol–water partition coefficient (Wildman–Crippen LogP) is 3.80. The van der Waals surface area contributed by atoms with Crippen molar-refractivity contribution >= 4 is 15.9 Å². The summed E-state index contributed by atoms with van der Waals surface area (Å²) < 4.78 is 11.7. The Morgan fingerprint density at radius 3 is 2.89 bits per heavy atom. The van der Waals surface area contributed by atoms with E-state index in [1.807, 2.05) is 12.3 Å². The molecule has 0 fully saturated rings. The van der Waals surface area contributed by atoms with Crippen molar-refractivity contribution in [3.8, 4) is 5.75 Å². The molecule has 0 saturated carbocycles. The van der Waals surface area contributed by atoms with E-state index >= 15 is 0 Å². The minimum Gasteiger partial charge on any atom is -0.501 e. The molecule has 0 saturated heterocycles. The van der Waals surface area contributed by atoms with Gasteiger partial charge in [-0.15, -0.1) is 0 Å². The molecule has 1 N–H and O–H groups in total. The molecule has 0 amide bonds. The van der Waals surface area contributed by atoms with Crippen LogP contribution in [0.3, 0.4) is 0 Å². The molecular formula is C15H20BrNO2. The van der Waals surface area contributed by atoms with Crippen LogP contribution < -0.4 is 10.1 Å². The van der Waals surface area contributed by atoms with Crippen molar-refractivity contribution in [3.05, 3.63) is 40.1 Å². The van der Waals surface area contributed by atoms with E-state index in [1.54, 1.807) is 7.11 Å². The SMILES string of the molecule is CCNC(C1=COCCC1)c1ccc(OC)c(Br)c1. The fraction of sp³-hybridized carbons (Fsp3) is 0.467. The molecule has 1 unspecified atom stereocenters. The molecule has 0 aromatic heterocycles. The third-order valence-electron chi connectivity index (χ3n) is 3.25. The van der Waals surface area contributed by atoms with E-state index in [2.05, 4.69) is 40.3 Å². The highest BCUT2D eigenvalue weighted by Gasteiger charge is 2.19. The summed E-state index contributed by atoms with van der Waals surface area (Å²) in [6.07, 6.45) is 4.08. The third-order valence-corrected chi connectivity index (χ3v) is 3.87. The number of nitrogens with one attached hydrogen (secondary N) is 1. The normalized spacial score (nSPS) is 16.5. The first-order valence-corrected chi connectivity index (χ1v) is 7.43. The number of hydrogen-bond acceptors (Lipinski definition) is 3. The summed E-state index contributed by atoms with van der Waals surface area (Å²) in [5, 5.41) is 3.52. The van der Waals surface area contributed by atoms with Gasteiger partial charge in [-0.3, -0.25) is 0 Å². The van der Waals surface area contributed by atoms with Crippen LogP contribution in [0.25, 0.3) is 0 Å². The number of ether oxygens (including phenoxy) is 2. The van der Waals surface area contributed by atoms with Gasteiger partial charge in [-0.2, -0.15) is 0 Å². The second-order valence-electron chi connectivity index (χ2n) is 4.55. The van der Waals surface area contributed by atoms with Gasteiger partial charge in [-0.25, -0.2) is 0 Å². The van der Waals surface area contributed by atoms with Gasteiger partial charge in [-0.05, 0) is 58.6 Å². The van der Waals surface area contributed by atoms with E-state index in [0.29, 0.717) is 0 Å². The summed E-state index contributed by atoms with van der Waals surface area (Å²) in [5.41, 5.74) is 2.54. The van der Waals surface area contributed by atoms with Gasteiger partial charge in [0.25, 0.3) is 0 Å². The summed E-state index contributed by atoms with van der Waals surface area (Å²) in [7, 11) is 1.68. The molecule has 0 bridgehead atoms. The lowest BCUT2D eigenvalue weighted by molar-refractivity contribution is 0.219. The van der Waals surface area contributed by atoms with Crippen LogP contribution in [0.4, 0.5) is 0 Å². The van der Waals surface area contributed by atoms with Crippen LogP contribution in [-0.2, 0) is 4.74 Å². The summed E-state index contributed by atoms with van der Waals surface area (Å²) in [6.45, 7) is 3.87. The molecule has 1 atom stereocenters. The first-order valence-electron chi connectivity index (χ1n) is 6.63. The smallest absolute Gasteiger partial charge is 0.133 e. The number of likely N-dealkylation sites (N-methyl/N-ethyl adjacent to an activating group) is 1. The number of methoxy groups -OCH3 is 1. The molecule has 104 valence electrons. The number of benzene rings is 1. The van der Waals surface area contributed by atoms with Gasteiger partial charge >= 0.3 is 0 Å². The van der Waals surface area contributed by atoms with Gasteiger partial charge in [0, 0.05) is 0 Å². The van der Waals surface area contributed by atoms with Crippen molar-refractivity contribution in [2.45, 2.75) is 25.8 Å². The first kappa shape index (κ1) is 14.4. The summed E-state index contributed by atoms with van der Waals surface area (Å²) in [4.78, 5) is 0. The van der Waals surface area contributed by atoms with Gasteiger partial charge in [0.1, 0.15) is 5.75 Å². The monoisotopic (exact) mass is 325 g/mol. The highest BCUT2D eigenvalue weighted by atomic mass is 79.9. The van der Waals surface area contributed by atoms with Crippen molar-refractivity contribution in [3.63, 3.8) is 0 Å². The minimum atomic E-state index is 0.215. The van der Waals surface area contributed by atoms with Crippen molar-refractivity contribution in [1.29, 1.82) is 0 Å². The van der Waals surface area contributed by atoms with E-state index in [0.717, 1.165) is 36.2 Å². The highest BCUT2D eigenvalue weighted by molar-refractivity contribution is 9.10. The topological polar surface area (TPSA) is 30.5 Å². The van der Waals surface area contributed by atoms with Crippen molar-refractivity contribution in [1.82, 2.24) is 5.32 Å². The Kier molecular flexibility index (Phi) is 5.28. The fourth-order valence-corrected chi connectivity index (χ4v) is 2.88. The second kappa shape index (κ2) is 6.96. The summed E-state index contributed by atoms with van der Waals surface area (Å²) in [6, 6.07) is 6.43. The van der Waals surface area contributed by atoms with Crippen LogP contribution in [0.2, 0.25) is 0 Å². The molecule has 0 aliphatic carbocycles. The third kappa shape index (κ3) is 3.51. The Morgan fingerprint density at radius 2 is 2.32 bits per heavy atom. The van der Waals surface area contributed by atoms with Crippen LogP contribution in [-0.4, -0.2) is 20.3 Å². The van der Waals surface area contributed by atoms with Gasteiger partial charge in [-0.1, -0.05) is 13.0 Å². The molecule has 0 spiro atoms. The molecule has 1 aromatic carbocycles. The molecule has 1 aliphatic rings. The lowest BCUT2D eigenvalue weighted by Gasteiger charge is -2.24. The van der Waals surface area contributed by atoms with Crippen molar-refractivity contribution < 1.29 is 9.47 Å². The first-order chi connectivity index (χ1) is 9.26. The Hall–Kier alpha value is -1.00. The Bertz CT molecular complexity index is 459. The van der Waals surface area contributed by atoms with Crippen LogP contribution in [0.1, 0.15) is 31.4 Å². The van der Waals surface area contributed by atoms with E-state index in [1.165, 1.54) is 11.1 Å². The zero-order chi connectivity index (χ0) is 13.7. The predicted molar refractivity (Wildman–Crippen MR) is 80.4 cm³/mol. The van der Waals surface area contributed by atoms with Crippen LogP contribution in [0.5, 0.6) is 5.75 Å². The lowest BCUT2D eigenvalue weighted by Crippen LogP contribution is -2.24. The largest absolute Gasteiger partial charge is 0.501 e. The Labute approximate surface area is 123 Å². The average molecular weight is 326 g/mol. The van der Waals surface area contributed by atoms with Crippen molar-refractivity contribution in [2.75, 3.05) is 20.3 Å². The number of hydrogen-bond donors (Lipinski definition) is 1. The molecule has 1 aliphatic heterocycles. The van der Waals surface area contributed by atoms with E-state index in [9.17, 15) is 0 Å². The standard InChI is InChI=1S/C15H20BrNO2/c1-3-17-15(12-5-4-8-19-10-12)11-6-7-14(18-2)13(16)9-11/h6-7,9-10,15,17H,3-5,8H2,1-2H3. The summed E-state index contributed by atoms with van der Waals surface area (Å²) >= 11 is 3.55. The fourth-order valence-electron chi connectivity index (χ4n) is 2.33. The van der Waals surface area contributed by atoms with Gasteiger partial charge in [0.15, 0.2) is 0 Å². The minimum absolute atomic E-state index is 0.215. The molecular weight excluding hydrogens is 306 g/mol. The summed E-state index contributed by atoms with van der Waals surface area (Å²) in [5.74, 6) is 0.855. The number of halogens is 1. The van der Waals surface area contributed by atoms with Gasteiger partial charge in [0.2, 0.25) is 0 Å². The van der Waals surface area contributed by atoms with Crippen LogP contribution in [0, 0.1) is 0 Å². The maximum Gasteiger partial charge on any atom is 0.133 e. The van der Waals surface area contributed by atoms with Gasteiger partial charge < -0.3 is 14.8 Å². The molecule has 1 heterocycles. The Morgan fingerprint density at radius 1 is 1.47 bits per heavy atom. The number of rotatable bonds is 5. The quantitative estimate of drug-likeness (QED) is 0.893. The molecule has 1 aromatic rings. The maximum atomic E-state index is 5.47. The highest BCUT2D eigenvalue weighted by Crippen LogP contribution is 2.32. The van der Waals surface area contributed by atoms with Crippen LogP contribution >= 0.6 is 15.9 Å². The lowest BCUT2D eigenvalue weighted by atomic mass is 9.95. The van der Waals surface area contributed by atoms with Crippen molar-refractivity contribution in [2.24, 2.45) is 0 Å². The maximum absolute atomic E-state index is 5.47. The zero-order valence-corrected chi connectivity index (χ0v) is 13.0. The Balaban J connectivity index is 2.27. The molecule has 19 heavy (non-hydrogen) atoms. The van der Waals surface area contributed by atoms with Crippen LogP contribution in [0.15, 0.2) is 34.5 Å². The van der Waals surface area contributed by atoms with E-state index < -0.39 is 0 Å². The molecule has 2 rings (SSSR count). The van der Waals surface area contributed by atoms with E-state index in [-0.39, 0.29) is 6.04 Å². The molecule has 0 radical (unpaired) electrons. The average Bonchev–Trinajstić information content (AvgIpc) is 2.45. The molecule has 3 nitrogen and oxygen atoms in total. The second-order valence-corrected chi connectivity index (χ2v) is 5.41. The zero-order valence-electron chi connectivity index (χ0n) is 11.4. The van der Waals surface area contributed by atoms with Gasteiger partial charge in [0.05, 0.1) is 30.5 Å². The van der Waals surface area contributed by atoms with E-state index in [4.69, 9.17) is 9.47 Å². The molecule has 4 heteroatoms.